The molecule has 0 amide bonds. The fourth-order valence-electron chi connectivity index (χ4n) is 0. The third-order valence-electron chi connectivity index (χ3n) is 0. The van der Waals surface area contributed by atoms with Gasteiger partial charge in [-0.3, -0.25) is 0 Å². The standard InChI is InChI=1S/CH5NO.H3O4P/c1-2-3;1-5(2,3)4/h2-3H,1H3;(H3,1,2,3,4). The Kier molecular flexibility index (Phi) is 7.06. The van der Waals surface area contributed by atoms with Crippen molar-refractivity contribution < 1.29 is 24.5 Å². The maximum Gasteiger partial charge on any atom is 0.466 e. The van der Waals surface area contributed by atoms with Crippen molar-refractivity contribution in [3.63, 3.8) is 0 Å². The number of hydrogen-bond donors (Lipinski definition) is 5. The molecule has 7 heteroatoms. The molecule has 0 heterocycles. The Morgan fingerprint density at radius 3 is 1.38 bits per heavy atom. The van der Waals surface area contributed by atoms with Crippen molar-refractivity contribution in [2.24, 2.45) is 0 Å². The molecular formula is CH8NO5P. The maximum atomic E-state index is 8.88. The molecule has 0 saturated carbocycles. The summed E-state index contributed by atoms with van der Waals surface area (Å²) in [7, 11) is -3.21. The Labute approximate surface area is 46.0 Å². The first-order valence-corrected chi connectivity index (χ1v) is 3.07. The van der Waals surface area contributed by atoms with Gasteiger partial charge in [-0.25, -0.2) is 10.0 Å². The highest BCUT2D eigenvalue weighted by Gasteiger charge is 2.00. The zero-order valence-electron chi connectivity index (χ0n) is 4.14. The molecule has 0 unspecified atom stereocenters. The van der Waals surface area contributed by atoms with E-state index in [-0.39, 0.29) is 0 Å². The molecule has 0 saturated heterocycles. The predicted octanol–water partition coefficient (Wildman–Crippen LogP) is -1.33. The summed E-state index contributed by atoms with van der Waals surface area (Å²) in [5, 5.41) is 7.32. The summed E-state index contributed by atoms with van der Waals surface area (Å²) in [6.07, 6.45) is 0. The van der Waals surface area contributed by atoms with Crippen molar-refractivity contribution in [1.82, 2.24) is 5.48 Å². The van der Waals surface area contributed by atoms with Crippen LogP contribution in [0.25, 0.3) is 0 Å². The van der Waals surface area contributed by atoms with E-state index >= 15 is 0 Å². The van der Waals surface area contributed by atoms with Gasteiger partial charge in [0, 0.05) is 7.05 Å². The average Bonchev–Trinajstić information content (AvgIpc) is 1.27. The van der Waals surface area contributed by atoms with Crippen molar-refractivity contribution >= 4 is 7.82 Å². The van der Waals surface area contributed by atoms with E-state index in [1.54, 1.807) is 5.48 Å². The van der Waals surface area contributed by atoms with E-state index < -0.39 is 7.82 Å². The van der Waals surface area contributed by atoms with Crippen LogP contribution in [-0.4, -0.2) is 26.9 Å². The molecule has 0 aromatic heterocycles. The summed E-state index contributed by atoms with van der Waals surface area (Å²) >= 11 is 0. The fraction of sp³-hybridized carbons (Fsp3) is 1.00. The highest BCUT2D eigenvalue weighted by Crippen LogP contribution is 2.25. The molecule has 0 spiro atoms. The summed E-state index contributed by atoms with van der Waals surface area (Å²) in [4.78, 5) is 21.6. The SMILES string of the molecule is CNO.O=P(O)(O)O. The Morgan fingerprint density at radius 1 is 1.38 bits per heavy atom. The van der Waals surface area contributed by atoms with Crippen molar-refractivity contribution in [2.75, 3.05) is 7.05 Å². The van der Waals surface area contributed by atoms with E-state index in [1.165, 1.54) is 7.05 Å². The molecule has 0 aromatic carbocycles. The van der Waals surface area contributed by atoms with Gasteiger partial charge in [0.05, 0.1) is 0 Å². The minimum atomic E-state index is -4.64. The lowest BCUT2D eigenvalue weighted by Crippen LogP contribution is -1.91. The van der Waals surface area contributed by atoms with Crippen LogP contribution < -0.4 is 5.48 Å². The molecule has 6 nitrogen and oxygen atoms in total. The second kappa shape index (κ2) is 5.17. The summed E-state index contributed by atoms with van der Waals surface area (Å²) in [5.41, 5.74) is 1.75. The van der Waals surface area contributed by atoms with Crippen LogP contribution in [0, 0.1) is 0 Å². The van der Waals surface area contributed by atoms with Gasteiger partial charge in [-0.05, 0) is 0 Å². The van der Waals surface area contributed by atoms with Gasteiger partial charge < -0.3 is 19.9 Å². The van der Waals surface area contributed by atoms with Crippen molar-refractivity contribution in [1.29, 1.82) is 0 Å². The lowest BCUT2D eigenvalue weighted by molar-refractivity contribution is 0.194. The first-order chi connectivity index (χ1) is 3.41. The first kappa shape index (κ1) is 10.9. The van der Waals surface area contributed by atoms with Crippen LogP contribution in [0.1, 0.15) is 0 Å². The third kappa shape index (κ3) is 170000. The van der Waals surface area contributed by atoms with Crippen LogP contribution in [-0.2, 0) is 4.57 Å². The Hall–Kier alpha value is 0.0300. The monoisotopic (exact) mass is 145 g/mol. The van der Waals surface area contributed by atoms with E-state index in [9.17, 15) is 0 Å². The van der Waals surface area contributed by atoms with Crippen LogP contribution in [0.5, 0.6) is 0 Å². The lowest BCUT2D eigenvalue weighted by atomic mass is 11.6. The van der Waals surface area contributed by atoms with Crippen LogP contribution in [0.15, 0.2) is 0 Å². The normalized spacial score (nSPS) is 9.62. The van der Waals surface area contributed by atoms with Gasteiger partial charge in [0.25, 0.3) is 0 Å². The molecule has 0 rings (SSSR count). The number of rotatable bonds is 0. The number of hydroxylamine groups is 1. The Balaban J connectivity index is 0. The average molecular weight is 145 g/mol. The number of hydrogen-bond acceptors (Lipinski definition) is 3. The van der Waals surface area contributed by atoms with Crippen molar-refractivity contribution in [3.8, 4) is 0 Å². The quantitative estimate of drug-likeness (QED) is 0.213. The molecule has 0 radical (unpaired) electrons. The van der Waals surface area contributed by atoms with Gasteiger partial charge in [-0.2, -0.15) is 0 Å². The summed E-state index contributed by atoms with van der Waals surface area (Å²) in [6, 6.07) is 0. The lowest BCUT2D eigenvalue weighted by Gasteiger charge is -1.82. The minimum Gasteiger partial charge on any atom is -0.317 e. The second-order valence-electron chi connectivity index (χ2n) is 0.737. The number of phosphoric acid groups is 1. The molecule has 0 aromatic rings. The van der Waals surface area contributed by atoms with E-state index in [0.717, 1.165) is 0 Å². The molecular weight excluding hydrogens is 137 g/mol. The summed E-state index contributed by atoms with van der Waals surface area (Å²) < 4.78 is 8.88. The van der Waals surface area contributed by atoms with E-state index in [2.05, 4.69) is 0 Å². The molecule has 0 aliphatic carbocycles. The molecule has 52 valence electrons. The topological polar surface area (TPSA) is 110 Å². The van der Waals surface area contributed by atoms with Gasteiger partial charge in [0.2, 0.25) is 0 Å². The highest BCUT2D eigenvalue weighted by molar-refractivity contribution is 7.45. The fourth-order valence-corrected chi connectivity index (χ4v) is 0. The predicted molar refractivity (Wildman–Crippen MR) is 25.1 cm³/mol. The largest absolute Gasteiger partial charge is 0.466 e. The molecule has 0 bridgehead atoms. The maximum absolute atomic E-state index is 8.88. The van der Waals surface area contributed by atoms with E-state index in [4.69, 9.17) is 24.5 Å². The van der Waals surface area contributed by atoms with Crippen LogP contribution >= 0.6 is 7.82 Å². The molecule has 0 aliphatic heterocycles. The van der Waals surface area contributed by atoms with Gasteiger partial charge in [0.1, 0.15) is 0 Å². The smallest absolute Gasteiger partial charge is 0.317 e. The molecule has 0 atom stereocenters. The summed E-state index contributed by atoms with van der Waals surface area (Å²) in [6.45, 7) is 0. The summed E-state index contributed by atoms with van der Waals surface area (Å²) in [5.74, 6) is 0. The van der Waals surface area contributed by atoms with Gasteiger partial charge >= 0.3 is 7.82 Å². The second-order valence-corrected chi connectivity index (χ2v) is 1.76. The van der Waals surface area contributed by atoms with Crippen LogP contribution in [0.4, 0.5) is 0 Å². The minimum absolute atomic E-state index is 1.43. The van der Waals surface area contributed by atoms with Gasteiger partial charge in [0.15, 0.2) is 0 Å². The third-order valence-corrected chi connectivity index (χ3v) is 0. The zero-order chi connectivity index (χ0) is 7.21. The molecule has 0 aliphatic rings. The molecule has 8 heavy (non-hydrogen) atoms. The zero-order valence-corrected chi connectivity index (χ0v) is 5.04. The van der Waals surface area contributed by atoms with E-state index in [1.807, 2.05) is 0 Å². The highest BCUT2D eigenvalue weighted by atomic mass is 31.2. The van der Waals surface area contributed by atoms with E-state index in [0.29, 0.717) is 0 Å². The van der Waals surface area contributed by atoms with Crippen molar-refractivity contribution in [2.45, 2.75) is 0 Å². The van der Waals surface area contributed by atoms with Crippen molar-refractivity contribution in [3.05, 3.63) is 0 Å². The Bertz CT molecular complexity index is 68.2. The Morgan fingerprint density at radius 2 is 1.38 bits per heavy atom. The molecule has 5 N–H and O–H groups in total. The van der Waals surface area contributed by atoms with Crippen LogP contribution in [0.3, 0.4) is 0 Å². The van der Waals surface area contributed by atoms with Gasteiger partial charge in [-0.1, -0.05) is 0 Å². The molecule has 0 fully saturated rings. The number of nitrogens with one attached hydrogen (secondary N) is 1. The first-order valence-electron chi connectivity index (χ1n) is 1.51. The van der Waals surface area contributed by atoms with Gasteiger partial charge in [-0.15, -0.1) is 0 Å². The van der Waals surface area contributed by atoms with Crippen LogP contribution in [0.2, 0.25) is 0 Å².